The highest BCUT2D eigenvalue weighted by molar-refractivity contribution is 6.00. The molecule has 7 nitrogen and oxygen atoms in total. The fourth-order valence-corrected chi connectivity index (χ4v) is 4.58. The lowest BCUT2D eigenvalue weighted by Gasteiger charge is -2.38. The molecule has 30 heavy (non-hydrogen) atoms. The molecule has 164 valence electrons. The van der Waals surface area contributed by atoms with E-state index >= 15 is 0 Å². The number of amides is 1. The van der Waals surface area contributed by atoms with Crippen molar-refractivity contribution in [1.29, 1.82) is 0 Å². The molecule has 7 heteroatoms. The maximum atomic E-state index is 13.3. The van der Waals surface area contributed by atoms with E-state index in [9.17, 15) is 4.79 Å². The second-order valence-corrected chi connectivity index (χ2v) is 8.99. The normalized spacial score (nSPS) is 19.3. The minimum absolute atomic E-state index is 0.0893. The molecule has 1 saturated carbocycles. The Kier molecular flexibility index (Phi) is 6.68. The van der Waals surface area contributed by atoms with Crippen molar-refractivity contribution in [3.63, 3.8) is 0 Å². The maximum absolute atomic E-state index is 13.3. The number of piperazine rings is 1. The smallest absolute Gasteiger partial charge is 0.259 e. The standard InChI is InChI=1S/C23H36N6O/c1-4-10-26-13-15-27(16-14-26)19(3)6-5-11-28(20-7-8-20)23(30)21-17-24-29-12-9-18(2)25-22(21)29/h9,12,17,19-20H,4-8,10-11,13-16H2,1-3H3. The van der Waals surface area contributed by atoms with Crippen molar-refractivity contribution in [1.82, 2.24) is 29.3 Å². The van der Waals surface area contributed by atoms with E-state index in [0.29, 0.717) is 23.3 Å². The van der Waals surface area contributed by atoms with E-state index in [1.807, 2.05) is 19.2 Å². The molecule has 1 aliphatic carbocycles. The summed E-state index contributed by atoms with van der Waals surface area (Å²) in [5.41, 5.74) is 2.21. The summed E-state index contributed by atoms with van der Waals surface area (Å²) in [5, 5.41) is 4.33. The third-order valence-electron chi connectivity index (χ3n) is 6.58. The predicted octanol–water partition coefficient (Wildman–Crippen LogP) is 2.84. The lowest BCUT2D eigenvalue weighted by atomic mass is 10.1. The van der Waals surface area contributed by atoms with Crippen LogP contribution in [0.3, 0.4) is 0 Å². The molecule has 1 aliphatic heterocycles. The Bertz CT molecular complexity index is 852. The molecule has 2 aromatic rings. The molecule has 1 amide bonds. The summed E-state index contributed by atoms with van der Waals surface area (Å²) in [7, 11) is 0. The van der Waals surface area contributed by atoms with Gasteiger partial charge in [0.25, 0.3) is 5.91 Å². The Morgan fingerprint density at radius 1 is 1.27 bits per heavy atom. The number of fused-ring (bicyclic) bond motifs is 1. The molecule has 0 aromatic carbocycles. The Morgan fingerprint density at radius 2 is 2.03 bits per heavy atom. The van der Waals surface area contributed by atoms with Crippen LogP contribution in [-0.2, 0) is 0 Å². The van der Waals surface area contributed by atoms with Gasteiger partial charge in [-0.15, -0.1) is 0 Å². The fourth-order valence-electron chi connectivity index (χ4n) is 4.58. The van der Waals surface area contributed by atoms with E-state index in [1.165, 1.54) is 39.1 Å². The van der Waals surface area contributed by atoms with Crippen LogP contribution in [0, 0.1) is 6.92 Å². The molecule has 0 N–H and O–H groups in total. The highest BCUT2D eigenvalue weighted by Crippen LogP contribution is 2.29. The van der Waals surface area contributed by atoms with Crippen molar-refractivity contribution >= 4 is 11.6 Å². The van der Waals surface area contributed by atoms with Gasteiger partial charge in [-0.05, 0) is 58.6 Å². The van der Waals surface area contributed by atoms with Crippen molar-refractivity contribution in [3.05, 3.63) is 29.7 Å². The van der Waals surface area contributed by atoms with E-state index in [0.717, 1.165) is 37.9 Å². The van der Waals surface area contributed by atoms with Crippen LogP contribution in [0.1, 0.15) is 62.0 Å². The predicted molar refractivity (Wildman–Crippen MR) is 119 cm³/mol. The van der Waals surface area contributed by atoms with Gasteiger partial charge in [-0.2, -0.15) is 5.10 Å². The molecule has 0 spiro atoms. The second-order valence-electron chi connectivity index (χ2n) is 8.99. The van der Waals surface area contributed by atoms with E-state index in [2.05, 4.69) is 38.6 Å². The highest BCUT2D eigenvalue weighted by atomic mass is 16.2. The zero-order valence-electron chi connectivity index (χ0n) is 18.8. The summed E-state index contributed by atoms with van der Waals surface area (Å²) in [6.45, 7) is 13.3. The van der Waals surface area contributed by atoms with Crippen LogP contribution in [0.25, 0.3) is 5.65 Å². The first-order valence-corrected chi connectivity index (χ1v) is 11.6. The third-order valence-corrected chi connectivity index (χ3v) is 6.58. The van der Waals surface area contributed by atoms with Crippen molar-refractivity contribution in [2.45, 2.75) is 65.0 Å². The van der Waals surface area contributed by atoms with Gasteiger partial charge in [0.15, 0.2) is 5.65 Å². The summed E-state index contributed by atoms with van der Waals surface area (Å²) in [5.74, 6) is 0.0893. The van der Waals surface area contributed by atoms with Crippen LogP contribution in [-0.4, -0.2) is 86.6 Å². The Hall–Kier alpha value is -1.99. The van der Waals surface area contributed by atoms with Gasteiger partial charge in [-0.3, -0.25) is 9.69 Å². The minimum Gasteiger partial charge on any atom is -0.335 e. The summed E-state index contributed by atoms with van der Waals surface area (Å²) in [6.07, 6.45) is 9.21. The summed E-state index contributed by atoms with van der Waals surface area (Å²) < 4.78 is 1.70. The van der Waals surface area contributed by atoms with Crippen molar-refractivity contribution in [3.8, 4) is 0 Å². The van der Waals surface area contributed by atoms with Crippen LogP contribution in [0.4, 0.5) is 0 Å². The third kappa shape index (κ3) is 4.83. The highest BCUT2D eigenvalue weighted by Gasteiger charge is 2.34. The first-order chi connectivity index (χ1) is 14.6. The van der Waals surface area contributed by atoms with Crippen LogP contribution < -0.4 is 0 Å². The monoisotopic (exact) mass is 412 g/mol. The van der Waals surface area contributed by atoms with Gasteiger partial charge in [0.05, 0.1) is 6.20 Å². The minimum atomic E-state index is 0.0893. The van der Waals surface area contributed by atoms with Gasteiger partial charge in [-0.1, -0.05) is 6.92 Å². The fraction of sp³-hybridized carbons (Fsp3) is 0.696. The van der Waals surface area contributed by atoms with E-state index in [1.54, 1.807) is 10.7 Å². The van der Waals surface area contributed by atoms with Gasteiger partial charge >= 0.3 is 0 Å². The van der Waals surface area contributed by atoms with Gasteiger partial charge < -0.3 is 9.80 Å². The van der Waals surface area contributed by atoms with E-state index in [4.69, 9.17) is 0 Å². The average Bonchev–Trinajstić information content (AvgIpc) is 3.50. The Labute approximate surface area is 180 Å². The topological polar surface area (TPSA) is 57.0 Å². The van der Waals surface area contributed by atoms with Gasteiger partial charge in [0.1, 0.15) is 5.56 Å². The molecule has 4 rings (SSSR count). The molecule has 0 bridgehead atoms. The van der Waals surface area contributed by atoms with Crippen LogP contribution in [0.5, 0.6) is 0 Å². The quantitative estimate of drug-likeness (QED) is 0.634. The number of hydrogen-bond acceptors (Lipinski definition) is 5. The molecule has 1 unspecified atom stereocenters. The molecule has 2 aromatic heterocycles. The Morgan fingerprint density at radius 3 is 2.73 bits per heavy atom. The summed E-state index contributed by atoms with van der Waals surface area (Å²) in [6, 6.07) is 2.88. The zero-order chi connectivity index (χ0) is 21.1. The number of carbonyl (C=O) groups is 1. The molecule has 2 aliphatic rings. The first-order valence-electron chi connectivity index (χ1n) is 11.6. The average molecular weight is 413 g/mol. The van der Waals surface area contributed by atoms with Crippen LogP contribution in [0.15, 0.2) is 18.5 Å². The van der Waals surface area contributed by atoms with Gasteiger partial charge in [-0.25, -0.2) is 9.50 Å². The van der Waals surface area contributed by atoms with Crippen molar-refractivity contribution < 1.29 is 4.79 Å². The number of aromatic nitrogens is 3. The summed E-state index contributed by atoms with van der Waals surface area (Å²) in [4.78, 5) is 25.1. The molecular formula is C23H36N6O. The van der Waals surface area contributed by atoms with Gasteiger partial charge in [0, 0.05) is 56.7 Å². The lowest BCUT2D eigenvalue weighted by Crippen LogP contribution is -2.49. The molecular weight excluding hydrogens is 376 g/mol. The van der Waals surface area contributed by atoms with Crippen LogP contribution >= 0.6 is 0 Å². The maximum Gasteiger partial charge on any atom is 0.259 e. The van der Waals surface area contributed by atoms with Crippen molar-refractivity contribution in [2.75, 3.05) is 39.3 Å². The lowest BCUT2D eigenvalue weighted by molar-refractivity contribution is 0.0723. The van der Waals surface area contributed by atoms with E-state index in [-0.39, 0.29) is 5.91 Å². The largest absolute Gasteiger partial charge is 0.335 e. The summed E-state index contributed by atoms with van der Waals surface area (Å²) >= 11 is 0. The van der Waals surface area contributed by atoms with E-state index < -0.39 is 0 Å². The number of aryl methyl sites for hydroxylation is 1. The van der Waals surface area contributed by atoms with Gasteiger partial charge in [0.2, 0.25) is 0 Å². The number of carbonyl (C=O) groups excluding carboxylic acids is 1. The molecule has 3 heterocycles. The molecule has 1 atom stereocenters. The SMILES string of the molecule is CCCN1CCN(C(C)CCCN(C(=O)c2cnn3ccc(C)nc23)C2CC2)CC1. The number of nitrogens with zero attached hydrogens (tertiary/aromatic N) is 6. The first kappa shape index (κ1) is 21.2. The second kappa shape index (κ2) is 9.43. The molecule has 0 radical (unpaired) electrons. The van der Waals surface area contributed by atoms with Crippen LogP contribution in [0.2, 0.25) is 0 Å². The zero-order valence-corrected chi connectivity index (χ0v) is 18.8. The molecule has 2 fully saturated rings. The number of hydrogen-bond donors (Lipinski definition) is 0. The number of rotatable bonds is 9. The van der Waals surface area contributed by atoms with Crippen molar-refractivity contribution in [2.24, 2.45) is 0 Å². The molecule has 1 saturated heterocycles. The Balaban J connectivity index is 1.32.